The molecule has 0 spiro atoms. The van der Waals surface area contributed by atoms with Gasteiger partial charge in [0.15, 0.2) is 17.5 Å². The SMILES string of the molecule is CCOc1ccc(C(=O)NC(C(=O)O)c2ccc(F)c(C)c2)cc1OCC. The minimum Gasteiger partial charge on any atom is -0.490 e. The maximum Gasteiger partial charge on any atom is 0.330 e. The molecule has 0 aliphatic carbocycles. The van der Waals surface area contributed by atoms with Crippen LogP contribution in [0.2, 0.25) is 0 Å². The smallest absolute Gasteiger partial charge is 0.330 e. The van der Waals surface area contributed by atoms with Crippen LogP contribution in [0.1, 0.15) is 41.4 Å². The maximum atomic E-state index is 13.4. The van der Waals surface area contributed by atoms with Crippen LogP contribution in [0.4, 0.5) is 4.39 Å². The number of rotatable bonds is 8. The van der Waals surface area contributed by atoms with E-state index in [9.17, 15) is 19.1 Å². The Bertz CT molecular complexity index is 837. The third kappa shape index (κ3) is 4.97. The number of hydrogen-bond donors (Lipinski definition) is 2. The molecule has 1 atom stereocenters. The molecule has 2 N–H and O–H groups in total. The molecule has 2 aromatic carbocycles. The van der Waals surface area contributed by atoms with E-state index in [-0.39, 0.29) is 11.1 Å². The molecule has 2 rings (SSSR count). The predicted octanol–water partition coefficient (Wildman–Crippen LogP) is 3.49. The molecule has 0 bridgehead atoms. The van der Waals surface area contributed by atoms with Gasteiger partial charge in [-0.1, -0.05) is 12.1 Å². The number of carbonyl (C=O) groups excluding carboxylic acids is 1. The van der Waals surface area contributed by atoms with Crippen LogP contribution in [-0.4, -0.2) is 30.2 Å². The summed E-state index contributed by atoms with van der Waals surface area (Å²) < 4.78 is 24.4. The van der Waals surface area contributed by atoms with E-state index < -0.39 is 23.7 Å². The van der Waals surface area contributed by atoms with Crippen LogP contribution >= 0.6 is 0 Å². The Morgan fingerprint density at radius 3 is 2.33 bits per heavy atom. The van der Waals surface area contributed by atoms with Crippen molar-refractivity contribution in [3.8, 4) is 11.5 Å². The minimum atomic E-state index is -1.31. The zero-order valence-corrected chi connectivity index (χ0v) is 15.4. The summed E-state index contributed by atoms with van der Waals surface area (Å²) in [6, 6.07) is 7.23. The summed E-state index contributed by atoms with van der Waals surface area (Å²) in [6.07, 6.45) is 0. The van der Waals surface area contributed by atoms with Crippen molar-refractivity contribution in [2.45, 2.75) is 26.8 Å². The first-order valence-corrected chi connectivity index (χ1v) is 8.56. The van der Waals surface area contributed by atoms with E-state index in [1.165, 1.54) is 37.3 Å². The second kappa shape index (κ2) is 9.02. The number of benzene rings is 2. The van der Waals surface area contributed by atoms with E-state index in [0.29, 0.717) is 30.3 Å². The van der Waals surface area contributed by atoms with Gasteiger partial charge < -0.3 is 19.9 Å². The lowest BCUT2D eigenvalue weighted by atomic mass is 10.0. The fourth-order valence-corrected chi connectivity index (χ4v) is 2.54. The Labute approximate surface area is 156 Å². The van der Waals surface area contributed by atoms with Gasteiger partial charge in [0.2, 0.25) is 0 Å². The van der Waals surface area contributed by atoms with Crippen molar-refractivity contribution in [2.24, 2.45) is 0 Å². The predicted molar refractivity (Wildman–Crippen MR) is 97.8 cm³/mol. The summed E-state index contributed by atoms with van der Waals surface area (Å²) in [5.41, 5.74) is 0.811. The number of aryl methyl sites for hydroxylation is 1. The number of carboxylic acids is 1. The van der Waals surface area contributed by atoms with E-state index in [1.807, 2.05) is 6.92 Å². The van der Waals surface area contributed by atoms with Gasteiger partial charge >= 0.3 is 5.97 Å². The Hall–Kier alpha value is -3.09. The standard InChI is InChI=1S/C20H22FNO5/c1-4-26-16-9-7-14(11-17(16)27-5-2)19(23)22-18(20(24)25)13-6-8-15(21)12(3)10-13/h6-11,18H,4-5H2,1-3H3,(H,22,23)(H,24,25). The number of halogens is 1. The molecule has 0 fully saturated rings. The number of nitrogens with one attached hydrogen (secondary N) is 1. The van der Waals surface area contributed by atoms with Gasteiger partial charge in [0.25, 0.3) is 5.91 Å². The third-order valence-corrected chi connectivity index (χ3v) is 3.84. The van der Waals surface area contributed by atoms with Crippen molar-refractivity contribution < 1.29 is 28.6 Å². The van der Waals surface area contributed by atoms with Crippen LogP contribution in [-0.2, 0) is 4.79 Å². The maximum absolute atomic E-state index is 13.4. The molecule has 144 valence electrons. The molecule has 0 radical (unpaired) electrons. The van der Waals surface area contributed by atoms with Gasteiger partial charge in [-0.2, -0.15) is 0 Å². The summed E-state index contributed by atoms with van der Waals surface area (Å²) in [6.45, 7) is 5.99. The lowest BCUT2D eigenvalue weighted by Gasteiger charge is -2.17. The highest BCUT2D eigenvalue weighted by Crippen LogP contribution is 2.29. The summed E-state index contributed by atoms with van der Waals surface area (Å²) in [4.78, 5) is 24.2. The number of carboxylic acid groups (broad SMARTS) is 1. The van der Waals surface area contributed by atoms with Gasteiger partial charge in [-0.05, 0) is 56.2 Å². The molecule has 27 heavy (non-hydrogen) atoms. The highest BCUT2D eigenvalue weighted by atomic mass is 19.1. The first-order chi connectivity index (χ1) is 12.9. The lowest BCUT2D eigenvalue weighted by molar-refractivity contribution is -0.139. The molecular weight excluding hydrogens is 353 g/mol. The third-order valence-electron chi connectivity index (χ3n) is 3.84. The van der Waals surface area contributed by atoms with Crippen LogP contribution < -0.4 is 14.8 Å². The van der Waals surface area contributed by atoms with E-state index in [2.05, 4.69) is 5.32 Å². The van der Waals surface area contributed by atoms with Crippen molar-refractivity contribution in [1.29, 1.82) is 0 Å². The Kier molecular flexibility index (Phi) is 6.76. The van der Waals surface area contributed by atoms with Crippen molar-refractivity contribution in [1.82, 2.24) is 5.32 Å². The van der Waals surface area contributed by atoms with Crippen LogP contribution in [0.15, 0.2) is 36.4 Å². The molecule has 0 saturated carbocycles. The van der Waals surface area contributed by atoms with Gasteiger partial charge in [-0.3, -0.25) is 4.79 Å². The highest BCUT2D eigenvalue weighted by Gasteiger charge is 2.24. The fraction of sp³-hybridized carbons (Fsp3) is 0.300. The van der Waals surface area contributed by atoms with E-state index in [1.54, 1.807) is 13.0 Å². The Balaban J connectivity index is 2.28. The lowest BCUT2D eigenvalue weighted by Crippen LogP contribution is -2.33. The normalized spacial score (nSPS) is 11.6. The Morgan fingerprint density at radius 1 is 1.07 bits per heavy atom. The van der Waals surface area contributed by atoms with Crippen LogP contribution in [0, 0.1) is 12.7 Å². The molecule has 0 aliphatic heterocycles. The largest absolute Gasteiger partial charge is 0.490 e. The monoisotopic (exact) mass is 375 g/mol. The van der Waals surface area contributed by atoms with Crippen molar-refractivity contribution in [3.05, 3.63) is 58.9 Å². The first-order valence-electron chi connectivity index (χ1n) is 8.56. The number of amides is 1. The van der Waals surface area contributed by atoms with E-state index >= 15 is 0 Å². The van der Waals surface area contributed by atoms with Gasteiger partial charge in [-0.25, -0.2) is 9.18 Å². The fourth-order valence-electron chi connectivity index (χ4n) is 2.54. The average Bonchev–Trinajstić information content (AvgIpc) is 2.63. The summed E-state index contributed by atoms with van der Waals surface area (Å²) in [5.74, 6) is -1.38. The average molecular weight is 375 g/mol. The van der Waals surface area contributed by atoms with Gasteiger partial charge in [0.05, 0.1) is 13.2 Å². The molecule has 0 aromatic heterocycles. The van der Waals surface area contributed by atoms with Crippen molar-refractivity contribution >= 4 is 11.9 Å². The second-order valence-corrected chi connectivity index (χ2v) is 5.78. The molecule has 7 heteroatoms. The molecule has 0 saturated heterocycles. The van der Waals surface area contributed by atoms with Gasteiger partial charge in [0.1, 0.15) is 5.82 Å². The van der Waals surface area contributed by atoms with Crippen LogP contribution in [0.3, 0.4) is 0 Å². The van der Waals surface area contributed by atoms with Gasteiger partial charge in [-0.15, -0.1) is 0 Å². The quantitative estimate of drug-likeness (QED) is 0.738. The van der Waals surface area contributed by atoms with Crippen molar-refractivity contribution in [2.75, 3.05) is 13.2 Å². The van der Waals surface area contributed by atoms with Crippen molar-refractivity contribution in [3.63, 3.8) is 0 Å². The minimum absolute atomic E-state index is 0.229. The number of ether oxygens (including phenoxy) is 2. The molecule has 0 heterocycles. The number of carbonyl (C=O) groups is 2. The first kappa shape index (κ1) is 20.2. The zero-order valence-electron chi connectivity index (χ0n) is 15.4. The molecule has 0 aliphatic rings. The molecule has 2 aromatic rings. The molecular formula is C20H22FNO5. The summed E-state index contributed by atoms with van der Waals surface area (Å²) in [5, 5.41) is 11.9. The highest BCUT2D eigenvalue weighted by molar-refractivity contribution is 5.97. The van der Waals surface area contributed by atoms with Crippen LogP contribution in [0.5, 0.6) is 11.5 Å². The molecule has 1 unspecified atom stereocenters. The van der Waals surface area contributed by atoms with E-state index in [0.717, 1.165) is 0 Å². The number of aliphatic carboxylic acids is 1. The molecule has 1 amide bonds. The summed E-state index contributed by atoms with van der Waals surface area (Å²) >= 11 is 0. The second-order valence-electron chi connectivity index (χ2n) is 5.78. The van der Waals surface area contributed by atoms with E-state index in [4.69, 9.17) is 9.47 Å². The number of hydrogen-bond acceptors (Lipinski definition) is 4. The zero-order chi connectivity index (χ0) is 20.0. The topological polar surface area (TPSA) is 84.9 Å². The van der Waals surface area contributed by atoms with Gasteiger partial charge in [0, 0.05) is 5.56 Å². The Morgan fingerprint density at radius 2 is 1.74 bits per heavy atom. The summed E-state index contributed by atoms with van der Waals surface area (Å²) in [7, 11) is 0. The van der Waals surface area contributed by atoms with Crippen LogP contribution in [0.25, 0.3) is 0 Å². The molecule has 6 nitrogen and oxygen atoms in total.